The molecule has 0 aliphatic heterocycles. The summed E-state index contributed by atoms with van der Waals surface area (Å²) in [6.07, 6.45) is -2.44. The number of nitrogens with one attached hydrogen (secondary N) is 1. The average molecular weight is 270 g/mol. The van der Waals surface area contributed by atoms with E-state index in [9.17, 15) is 8.78 Å². The fourth-order valence-electron chi connectivity index (χ4n) is 2.03. The normalized spacial score (nSPS) is 10.9. The molecule has 0 aliphatic carbocycles. The molecule has 0 amide bonds. The largest absolute Gasteiger partial charge is 0.277 e. The lowest BCUT2D eigenvalue weighted by Crippen LogP contribution is -1.84. The predicted octanol–water partition coefficient (Wildman–Crippen LogP) is 4.68. The third-order valence-electron chi connectivity index (χ3n) is 3.12. The zero-order valence-corrected chi connectivity index (χ0v) is 10.6. The molecule has 1 N–H and O–H groups in total. The number of hydrogen-bond donors (Lipinski definition) is 1. The van der Waals surface area contributed by atoms with Gasteiger partial charge in [0, 0.05) is 11.1 Å². The van der Waals surface area contributed by atoms with Gasteiger partial charge in [-0.15, -0.1) is 0 Å². The molecule has 20 heavy (non-hydrogen) atoms. The minimum Gasteiger partial charge on any atom is -0.277 e. The van der Waals surface area contributed by atoms with Gasteiger partial charge in [-0.2, -0.15) is 5.10 Å². The van der Waals surface area contributed by atoms with E-state index in [0.29, 0.717) is 0 Å². The summed E-state index contributed by atoms with van der Waals surface area (Å²) < 4.78 is 25.0. The van der Waals surface area contributed by atoms with Crippen LogP contribution < -0.4 is 0 Å². The molecule has 0 radical (unpaired) electrons. The molecule has 0 atom stereocenters. The Morgan fingerprint density at radius 1 is 0.850 bits per heavy atom. The van der Waals surface area contributed by atoms with Crippen LogP contribution in [-0.2, 0) is 0 Å². The van der Waals surface area contributed by atoms with Crippen LogP contribution in [0.5, 0.6) is 0 Å². The first-order valence-corrected chi connectivity index (χ1v) is 6.23. The monoisotopic (exact) mass is 270 g/mol. The zero-order chi connectivity index (χ0) is 13.9. The fraction of sp³-hybridized carbons (Fsp3) is 0.0625. The highest BCUT2D eigenvalue weighted by Gasteiger charge is 2.08. The molecule has 2 nitrogen and oxygen atoms in total. The number of rotatable bonds is 3. The summed E-state index contributed by atoms with van der Waals surface area (Å²) >= 11 is 0. The molecule has 3 aromatic rings. The smallest absolute Gasteiger partial charge is 0.263 e. The molecule has 0 aliphatic rings. The molecular formula is C16H12F2N2. The third-order valence-corrected chi connectivity index (χ3v) is 3.12. The van der Waals surface area contributed by atoms with Crippen molar-refractivity contribution in [3.8, 4) is 22.5 Å². The molecule has 0 unspecified atom stereocenters. The summed E-state index contributed by atoms with van der Waals surface area (Å²) in [4.78, 5) is 0. The first-order chi connectivity index (χ1) is 9.74. The van der Waals surface area contributed by atoms with Crippen molar-refractivity contribution in [1.82, 2.24) is 10.2 Å². The van der Waals surface area contributed by atoms with E-state index < -0.39 is 6.43 Å². The van der Waals surface area contributed by atoms with E-state index in [1.54, 1.807) is 12.1 Å². The van der Waals surface area contributed by atoms with Gasteiger partial charge < -0.3 is 0 Å². The predicted molar refractivity (Wildman–Crippen MR) is 74.4 cm³/mol. The van der Waals surface area contributed by atoms with Gasteiger partial charge in [0.25, 0.3) is 6.43 Å². The lowest BCUT2D eigenvalue weighted by molar-refractivity contribution is 0.151. The minimum atomic E-state index is -2.44. The lowest BCUT2D eigenvalue weighted by atomic mass is 10.1. The maximum Gasteiger partial charge on any atom is 0.263 e. The van der Waals surface area contributed by atoms with E-state index >= 15 is 0 Å². The summed E-state index contributed by atoms with van der Waals surface area (Å²) in [6.45, 7) is 0. The highest BCUT2D eigenvalue weighted by atomic mass is 19.3. The van der Waals surface area contributed by atoms with Crippen molar-refractivity contribution in [2.75, 3.05) is 0 Å². The summed E-state index contributed by atoms with van der Waals surface area (Å²) in [6, 6.07) is 17.9. The SMILES string of the molecule is FC(F)c1ccc(-c2cc(-c3ccccc3)n[nH]2)cc1. The molecule has 4 heteroatoms. The van der Waals surface area contributed by atoms with Crippen LogP contribution in [0.25, 0.3) is 22.5 Å². The second-order valence-electron chi connectivity index (χ2n) is 4.46. The quantitative estimate of drug-likeness (QED) is 0.735. The van der Waals surface area contributed by atoms with Crippen LogP contribution in [-0.4, -0.2) is 10.2 Å². The topological polar surface area (TPSA) is 28.7 Å². The number of halogens is 2. The van der Waals surface area contributed by atoms with E-state index in [0.717, 1.165) is 22.5 Å². The first-order valence-electron chi connectivity index (χ1n) is 6.23. The van der Waals surface area contributed by atoms with Crippen molar-refractivity contribution in [3.63, 3.8) is 0 Å². The molecule has 2 aromatic carbocycles. The van der Waals surface area contributed by atoms with Gasteiger partial charge in [-0.1, -0.05) is 54.6 Å². The van der Waals surface area contributed by atoms with Crippen LogP contribution >= 0.6 is 0 Å². The van der Waals surface area contributed by atoms with Gasteiger partial charge in [-0.3, -0.25) is 5.10 Å². The maximum absolute atomic E-state index is 12.5. The molecule has 0 spiro atoms. The number of nitrogens with zero attached hydrogens (tertiary/aromatic N) is 1. The molecule has 100 valence electrons. The van der Waals surface area contributed by atoms with Crippen LogP contribution in [0.2, 0.25) is 0 Å². The van der Waals surface area contributed by atoms with Crippen molar-refractivity contribution in [1.29, 1.82) is 0 Å². The zero-order valence-electron chi connectivity index (χ0n) is 10.6. The Morgan fingerprint density at radius 3 is 2.20 bits per heavy atom. The molecule has 0 saturated carbocycles. The van der Waals surface area contributed by atoms with E-state index in [-0.39, 0.29) is 5.56 Å². The van der Waals surface area contributed by atoms with Crippen molar-refractivity contribution < 1.29 is 8.78 Å². The Balaban J connectivity index is 1.90. The first kappa shape index (κ1) is 12.5. The van der Waals surface area contributed by atoms with E-state index in [4.69, 9.17) is 0 Å². The molecule has 1 aromatic heterocycles. The summed E-state index contributed by atoms with van der Waals surface area (Å²) in [5.74, 6) is 0. The van der Waals surface area contributed by atoms with Crippen LogP contribution in [0.4, 0.5) is 8.78 Å². The summed E-state index contributed by atoms with van der Waals surface area (Å²) in [5.41, 5.74) is 3.52. The second-order valence-corrected chi connectivity index (χ2v) is 4.46. The van der Waals surface area contributed by atoms with Crippen LogP contribution in [0.15, 0.2) is 60.7 Å². The van der Waals surface area contributed by atoms with Gasteiger partial charge in [0.2, 0.25) is 0 Å². The number of H-pyrrole nitrogens is 1. The maximum atomic E-state index is 12.5. The Bertz CT molecular complexity index is 688. The third kappa shape index (κ3) is 2.45. The molecule has 3 rings (SSSR count). The molecular weight excluding hydrogens is 258 g/mol. The summed E-state index contributed by atoms with van der Waals surface area (Å²) in [5, 5.41) is 7.18. The Labute approximate surface area is 115 Å². The Hall–Kier alpha value is -2.49. The number of hydrogen-bond acceptors (Lipinski definition) is 1. The van der Waals surface area contributed by atoms with E-state index in [1.165, 1.54) is 12.1 Å². The average Bonchev–Trinajstić information content (AvgIpc) is 2.98. The van der Waals surface area contributed by atoms with Crippen molar-refractivity contribution in [3.05, 3.63) is 66.2 Å². The van der Waals surface area contributed by atoms with Gasteiger partial charge in [-0.25, -0.2) is 8.78 Å². The highest BCUT2D eigenvalue weighted by molar-refractivity contribution is 5.68. The van der Waals surface area contributed by atoms with Crippen molar-refractivity contribution in [2.45, 2.75) is 6.43 Å². The highest BCUT2D eigenvalue weighted by Crippen LogP contribution is 2.26. The Morgan fingerprint density at radius 2 is 1.55 bits per heavy atom. The van der Waals surface area contributed by atoms with Crippen LogP contribution in [0.1, 0.15) is 12.0 Å². The van der Waals surface area contributed by atoms with Gasteiger partial charge in [0.05, 0.1) is 11.4 Å². The van der Waals surface area contributed by atoms with Crippen LogP contribution in [0.3, 0.4) is 0 Å². The molecule has 0 saturated heterocycles. The number of benzene rings is 2. The number of aromatic nitrogens is 2. The van der Waals surface area contributed by atoms with Gasteiger partial charge >= 0.3 is 0 Å². The van der Waals surface area contributed by atoms with E-state index in [1.807, 2.05) is 36.4 Å². The standard InChI is InChI=1S/C16H12F2N2/c17-16(18)13-8-6-12(7-9-13)15-10-14(19-20-15)11-4-2-1-3-5-11/h1-10,16H,(H,19,20). The molecule has 0 bridgehead atoms. The minimum absolute atomic E-state index is 0.0246. The Kier molecular flexibility index (Phi) is 3.29. The van der Waals surface area contributed by atoms with Gasteiger partial charge in [0.1, 0.15) is 0 Å². The summed E-state index contributed by atoms with van der Waals surface area (Å²) in [7, 11) is 0. The van der Waals surface area contributed by atoms with Crippen molar-refractivity contribution in [2.24, 2.45) is 0 Å². The van der Waals surface area contributed by atoms with Gasteiger partial charge in [0.15, 0.2) is 0 Å². The number of alkyl halides is 2. The lowest BCUT2D eigenvalue weighted by Gasteiger charge is -2.01. The van der Waals surface area contributed by atoms with Crippen LogP contribution in [0, 0.1) is 0 Å². The van der Waals surface area contributed by atoms with Crippen molar-refractivity contribution >= 4 is 0 Å². The molecule has 0 fully saturated rings. The fourth-order valence-corrected chi connectivity index (χ4v) is 2.03. The second kappa shape index (κ2) is 5.25. The number of aromatic amines is 1. The van der Waals surface area contributed by atoms with Gasteiger partial charge in [-0.05, 0) is 11.6 Å². The van der Waals surface area contributed by atoms with E-state index in [2.05, 4.69) is 10.2 Å². The molecule has 1 heterocycles.